The van der Waals surface area contributed by atoms with Crippen molar-refractivity contribution in [2.24, 2.45) is 0 Å². The standard InChI is InChI=1S/C21H28N4O.ClH/c1-2-15-24(16-11-13-22-14-12-16)21(26)20-18-9-6-10-19(18)25(23-20)17-7-4-3-5-8-17;/h3-5,7-8,16,22H,2,6,9-15H2,1H3;1H. The van der Waals surface area contributed by atoms with Gasteiger partial charge < -0.3 is 10.2 Å². The number of fused-ring (bicyclic) bond motifs is 1. The van der Waals surface area contributed by atoms with Gasteiger partial charge in [-0.3, -0.25) is 4.79 Å². The highest BCUT2D eigenvalue weighted by molar-refractivity contribution is 5.94. The van der Waals surface area contributed by atoms with Crippen LogP contribution in [0, 0.1) is 0 Å². The molecule has 5 nitrogen and oxygen atoms in total. The number of nitrogens with zero attached hydrogens (tertiary/aromatic N) is 3. The zero-order valence-electron chi connectivity index (χ0n) is 16.0. The number of nitrogens with one attached hydrogen (secondary N) is 1. The second-order valence-corrected chi connectivity index (χ2v) is 7.35. The molecular weight excluding hydrogens is 360 g/mol. The Hall–Kier alpha value is -1.85. The number of aromatic nitrogens is 2. The molecule has 0 saturated carbocycles. The molecule has 0 bridgehead atoms. The van der Waals surface area contributed by atoms with Gasteiger partial charge in [-0.1, -0.05) is 25.1 Å². The van der Waals surface area contributed by atoms with Crippen LogP contribution in [0.5, 0.6) is 0 Å². The van der Waals surface area contributed by atoms with Crippen molar-refractivity contribution in [1.82, 2.24) is 20.0 Å². The monoisotopic (exact) mass is 388 g/mol. The lowest BCUT2D eigenvalue weighted by molar-refractivity contribution is 0.0635. The molecule has 1 aromatic heterocycles. The molecule has 6 heteroatoms. The molecule has 2 aromatic rings. The van der Waals surface area contributed by atoms with E-state index in [0.29, 0.717) is 11.7 Å². The summed E-state index contributed by atoms with van der Waals surface area (Å²) in [6, 6.07) is 10.5. The van der Waals surface area contributed by atoms with Crippen LogP contribution in [-0.2, 0) is 12.8 Å². The van der Waals surface area contributed by atoms with Gasteiger partial charge in [0.2, 0.25) is 0 Å². The van der Waals surface area contributed by atoms with Gasteiger partial charge in [0.25, 0.3) is 5.91 Å². The average Bonchev–Trinajstić information content (AvgIpc) is 3.30. The molecule has 1 aliphatic carbocycles. The van der Waals surface area contributed by atoms with Crippen molar-refractivity contribution in [3.05, 3.63) is 47.3 Å². The summed E-state index contributed by atoms with van der Waals surface area (Å²) in [6.45, 7) is 4.95. The lowest BCUT2D eigenvalue weighted by Gasteiger charge is -2.34. The van der Waals surface area contributed by atoms with Crippen LogP contribution in [0.15, 0.2) is 30.3 Å². The quantitative estimate of drug-likeness (QED) is 0.854. The van der Waals surface area contributed by atoms with Crippen LogP contribution in [-0.4, -0.2) is 46.3 Å². The van der Waals surface area contributed by atoms with Gasteiger partial charge in [-0.05, 0) is 63.7 Å². The van der Waals surface area contributed by atoms with E-state index >= 15 is 0 Å². The van der Waals surface area contributed by atoms with Crippen LogP contribution >= 0.6 is 12.4 Å². The van der Waals surface area contributed by atoms with Gasteiger partial charge in [0, 0.05) is 23.8 Å². The fourth-order valence-electron chi connectivity index (χ4n) is 4.34. The minimum Gasteiger partial charge on any atom is -0.334 e. The molecule has 1 saturated heterocycles. The van der Waals surface area contributed by atoms with Gasteiger partial charge in [-0.2, -0.15) is 5.10 Å². The molecule has 0 spiro atoms. The van der Waals surface area contributed by atoms with Crippen molar-refractivity contribution in [2.45, 2.75) is 51.5 Å². The van der Waals surface area contributed by atoms with E-state index in [2.05, 4.69) is 29.3 Å². The zero-order valence-corrected chi connectivity index (χ0v) is 16.8. The second-order valence-electron chi connectivity index (χ2n) is 7.35. The third-order valence-corrected chi connectivity index (χ3v) is 5.61. The molecule has 1 fully saturated rings. The fourth-order valence-corrected chi connectivity index (χ4v) is 4.34. The van der Waals surface area contributed by atoms with E-state index < -0.39 is 0 Å². The maximum atomic E-state index is 13.5. The summed E-state index contributed by atoms with van der Waals surface area (Å²) in [4.78, 5) is 15.6. The van der Waals surface area contributed by atoms with E-state index in [1.54, 1.807) is 0 Å². The van der Waals surface area contributed by atoms with Crippen molar-refractivity contribution in [3.8, 4) is 5.69 Å². The first-order chi connectivity index (χ1) is 12.8. The Labute approximate surface area is 167 Å². The van der Waals surface area contributed by atoms with Crippen molar-refractivity contribution in [1.29, 1.82) is 0 Å². The summed E-state index contributed by atoms with van der Waals surface area (Å²) < 4.78 is 2.00. The smallest absolute Gasteiger partial charge is 0.274 e. The topological polar surface area (TPSA) is 50.2 Å². The summed E-state index contributed by atoms with van der Waals surface area (Å²) in [5.74, 6) is 0.131. The molecule has 1 N–H and O–H groups in total. The maximum absolute atomic E-state index is 13.5. The summed E-state index contributed by atoms with van der Waals surface area (Å²) in [6.07, 6.45) is 6.14. The van der Waals surface area contributed by atoms with Crippen molar-refractivity contribution < 1.29 is 4.79 Å². The summed E-state index contributed by atoms with van der Waals surface area (Å²) in [7, 11) is 0. The molecule has 1 aromatic carbocycles. The molecule has 1 aliphatic heterocycles. The first kappa shape index (κ1) is 19.9. The molecule has 2 heterocycles. The van der Waals surface area contributed by atoms with Gasteiger partial charge in [0.15, 0.2) is 5.69 Å². The summed E-state index contributed by atoms with van der Waals surface area (Å²) >= 11 is 0. The second kappa shape index (κ2) is 8.89. The van der Waals surface area contributed by atoms with Gasteiger partial charge in [0.05, 0.1) is 5.69 Å². The molecule has 0 atom stereocenters. The summed E-state index contributed by atoms with van der Waals surface area (Å²) in [5.41, 5.74) is 4.14. The minimum atomic E-state index is 0. The molecule has 0 radical (unpaired) electrons. The minimum absolute atomic E-state index is 0. The highest BCUT2D eigenvalue weighted by Gasteiger charge is 2.32. The van der Waals surface area contributed by atoms with Gasteiger partial charge in [-0.25, -0.2) is 4.68 Å². The van der Waals surface area contributed by atoms with E-state index in [-0.39, 0.29) is 18.3 Å². The molecule has 1 amide bonds. The van der Waals surface area contributed by atoms with Crippen molar-refractivity contribution in [2.75, 3.05) is 19.6 Å². The van der Waals surface area contributed by atoms with Gasteiger partial charge in [0.1, 0.15) is 0 Å². The number of rotatable bonds is 5. The number of piperidine rings is 1. The Morgan fingerprint density at radius 1 is 1.22 bits per heavy atom. The Bertz CT molecular complexity index is 768. The maximum Gasteiger partial charge on any atom is 0.274 e. The Morgan fingerprint density at radius 2 is 1.96 bits per heavy atom. The average molecular weight is 389 g/mol. The largest absolute Gasteiger partial charge is 0.334 e. The molecule has 4 rings (SSSR count). The normalized spacial score (nSPS) is 16.6. The highest BCUT2D eigenvalue weighted by Crippen LogP contribution is 2.29. The van der Waals surface area contributed by atoms with Gasteiger partial charge >= 0.3 is 0 Å². The van der Waals surface area contributed by atoms with Crippen LogP contribution < -0.4 is 5.32 Å². The SMILES string of the molecule is CCCN(C(=O)c1nn(-c2ccccc2)c2c1CCC2)C1CCNCC1.Cl. The molecule has 27 heavy (non-hydrogen) atoms. The van der Waals surface area contributed by atoms with E-state index in [9.17, 15) is 4.79 Å². The molecular formula is C21H29ClN4O. The van der Waals surface area contributed by atoms with Crippen LogP contribution in [0.25, 0.3) is 5.69 Å². The highest BCUT2D eigenvalue weighted by atomic mass is 35.5. The molecule has 146 valence electrons. The third-order valence-electron chi connectivity index (χ3n) is 5.61. The van der Waals surface area contributed by atoms with Crippen molar-refractivity contribution >= 4 is 18.3 Å². The summed E-state index contributed by atoms with van der Waals surface area (Å²) in [5, 5.41) is 8.21. The Morgan fingerprint density at radius 3 is 2.67 bits per heavy atom. The molecule has 2 aliphatic rings. The lowest BCUT2D eigenvalue weighted by Crippen LogP contribution is -2.46. The predicted molar refractivity (Wildman–Crippen MR) is 110 cm³/mol. The predicted octanol–water partition coefficient (Wildman–Crippen LogP) is 3.39. The number of hydrogen-bond donors (Lipinski definition) is 1. The lowest BCUT2D eigenvalue weighted by atomic mass is 10.0. The van der Waals surface area contributed by atoms with Gasteiger partial charge in [-0.15, -0.1) is 12.4 Å². The van der Waals surface area contributed by atoms with Crippen LogP contribution in [0.3, 0.4) is 0 Å². The first-order valence-electron chi connectivity index (χ1n) is 9.97. The first-order valence-corrected chi connectivity index (χ1v) is 9.97. The third kappa shape index (κ3) is 3.90. The number of benzene rings is 1. The number of carbonyl (C=O) groups excluding carboxylic acids is 1. The number of amides is 1. The number of hydrogen-bond acceptors (Lipinski definition) is 3. The number of para-hydroxylation sites is 1. The number of carbonyl (C=O) groups is 1. The molecule has 0 unspecified atom stereocenters. The van der Waals surface area contributed by atoms with Crippen LogP contribution in [0.1, 0.15) is 54.4 Å². The van der Waals surface area contributed by atoms with E-state index in [0.717, 1.165) is 63.8 Å². The zero-order chi connectivity index (χ0) is 17.9. The van der Waals surface area contributed by atoms with E-state index in [4.69, 9.17) is 5.10 Å². The van der Waals surface area contributed by atoms with E-state index in [1.165, 1.54) is 11.3 Å². The Balaban J connectivity index is 0.00000210. The van der Waals surface area contributed by atoms with Crippen LogP contribution in [0.2, 0.25) is 0 Å². The Kier molecular flexibility index (Phi) is 6.55. The van der Waals surface area contributed by atoms with E-state index in [1.807, 2.05) is 22.9 Å². The van der Waals surface area contributed by atoms with Crippen LogP contribution in [0.4, 0.5) is 0 Å². The number of halogens is 1. The fraction of sp³-hybridized carbons (Fsp3) is 0.524. The van der Waals surface area contributed by atoms with Crippen molar-refractivity contribution in [3.63, 3.8) is 0 Å².